The van der Waals surface area contributed by atoms with E-state index in [1.807, 2.05) is 30.3 Å². The Hall–Kier alpha value is -3.47. The van der Waals surface area contributed by atoms with Gasteiger partial charge in [-0.3, -0.25) is 0 Å². The van der Waals surface area contributed by atoms with Gasteiger partial charge in [0.25, 0.3) is 0 Å². The van der Waals surface area contributed by atoms with E-state index < -0.39 is 5.97 Å². The molecule has 0 atom stereocenters. The average Bonchev–Trinajstić information content (AvgIpc) is 2.82. The van der Waals surface area contributed by atoms with Gasteiger partial charge in [-0.25, -0.2) is 4.79 Å². The number of rotatable bonds is 6. The maximum absolute atomic E-state index is 10.8. The van der Waals surface area contributed by atoms with E-state index in [0.717, 1.165) is 11.4 Å². The number of anilines is 2. The first kappa shape index (κ1) is 23.2. The van der Waals surface area contributed by atoms with E-state index in [2.05, 4.69) is 36.5 Å². The second-order valence-corrected chi connectivity index (χ2v) is 8.17. The number of hydrogen-bond acceptors (Lipinski definition) is 4. The fraction of sp³-hybridized carbons (Fsp3) is 0.296. The highest BCUT2D eigenvalue weighted by Crippen LogP contribution is 2.26. The Morgan fingerprint density at radius 1 is 1.00 bits per heavy atom. The molecule has 1 saturated carbocycles. The second-order valence-electron chi connectivity index (χ2n) is 8.17. The quantitative estimate of drug-likeness (QED) is 0.399. The Balaban J connectivity index is 0.000000182. The molecule has 4 rings (SSSR count). The van der Waals surface area contributed by atoms with Gasteiger partial charge in [-0.2, -0.15) is 0 Å². The van der Waals surface area contributed by atoms with Gasteiger partial charge in [0.05, 0.1) is 16.9 Å². The summed E-state index contributed by atoms with van der Waals surface area (Å²) in [4.78, 5) is 10.8. The lowest BCUT2D eigenvalue weighted by atomic mass is 9.95. The van der Waals surface area contributed by atoms with Gasteiger partial charge in [0.1, 0.15) is 12.4 Å². The molecule has 3 aromatic rings. The molecular weight excluding hydrogens is 400 g/mol. The fourth-order valence-corrected chi connectivity index (χ4v) is 3.67. The minimum Gasteiger partial charge on any atom is -0.489 e. The Kier molecular flexibility index (Phi) is 8.55. The highest BCUT2D eigenvalue weighted by Gasteiger charge is 2.14. The molecule has 5 heteroatoms. The number of nitrogens with one attached hydrogen (secondary N) is 1. The third-order valence-electron chi connectivity index (χ3n) is 5.53. The van der Waals surface area contributed by atoms with Crippen LogP contribution < -0.4 is 15.8 Å². The van der Waals surface area contributed by atoms with Crippen molar-refractivity contribution < 1.29 is 14.6 Å². The van der Waals surface area contributed by atoms with Crippen LogP contribution in [0.3, 0.4) is 0 Å². The van der Waals surface area contributed by atoms with E-state index in [9.17, 15) is 4.79 Å². The number of benzene rings is 3. The maximum atomic E-state index is 10.8. The summed E-state index contributed by atoms with van der Waals surface area (Å²) in [6, 6.07) is 23.6. The molecular formula is C27H32N2O3. The molecule has 1 fully saturated rings. The van der Waals surface area contributed by atoms with Crippen LogP contribution in [0.4, 0.5) is 11.4 Å². The Bertz CT molecular complexity index is 982. The SMILES string of the molecule is Cc1ccc(OCc2ccccc2)cc1.Nc1cc(C(=O)O)ccc1NC1CCCCC1. The van der Waals surface area contributed by atoms with Crippen molar-refractivity contribution in [3.05, 3.63) is 89.5 Å². The van der Waals surface area contributed by atoms with Crippen LogP contribution >= 0.6 is 0 Å². The van der Waals surface area contributed by atoms with Gasteiger partial charge in [-0.1, -0.05) is 67.3 Å². The monoisotopic (exact) mass is 432 g/mol. The number of ether oxygens (including phenoxy) is 1. The summed E-state index contributed by atoms with van der Waals surface area (Å²) in [5.41, 5.74) is 9.89. The zero-order valence-corrected chi connectivity index (χ0v) is 18.6. The molecule has 168 valence electrons. The van der Waals surface area contributed by atoms with Crippen molar-refractivity contribution in [2.45, 2.75) is 51.7 Å². The number of carbonyl (C=O) groups is 1. The predicted molar refractivity (Wildman–Crippen MR) is 130 cm³/mol. The molecule has 4 N–H and O–H groups in total. The lowest BCUT2D eigenvalue weighted by molar-refractivity contribution is 0.0697. The van der Waals surface area contributed by atoms with E-state index >= 15 is 0 Å². The third-order valence-corrected chi connectivity index (χ3v) is 5.53. The van der Waals surface area contributed by atoms with Gasteiger partial charge in [-0.15, -0.1) is 0 Å². The van der Waals surface area contributed by atoms with E-state index in [1.54, 1.807) is 12.1 Å². The molecule has 5 nitrogen and oxygen atoms in total. The maximum Gasteiger partial charge on any atom is 0.335 e. The number of aromatic carboxylic acids is 1. The van der Waals surface area contributed by atoms with Gasteiger partial charge in [0.2, 0.25) is 0 Å². The number of carboxylic acid groups (broad SMARTS) is 1. The van der Waals surface area contributed by atoms with Crippen molar-refractivity contribution in [1.82, 2.24) is 0 Å². The number of carboxylic acids is 1. The van der Waals surface area contributed by atoms with Gasteiger partial charge >= 0.3 is 5.97 Å². The number of nitrogens with two attached hydrogens (primary N) is 1. The molecule has 0 heterocycles. The molecule has 0 bridgehead atoms. The Labute approximate surface area is 190 Å². The highest BCUT2D eigenvalue weighted by atomic mass is 16.5. The van der Waals surface area contributed by atoms with Crippen molar-refractivity contribution in [1.29, 1.82) is 0 Å². The molecule has 0 saturated heterocycles. The molecule has 0 unspecified atom stereocenters. The van der Waals surface area contributed by atoms with Crippen molar-refractivity contribution >= 4 is 17.3 Å². The first-order valence-electron chi connectivity index (χ1n) is 11.1. The highest BCUT2D eigenvalue weighted by molar-refractivity contribution is 5.90. The Morgan fingerprint density at radius 2 is 1.69 bits per heavy atom. The molecule has 0 amide bonds. The summed E-state index contributed by atoms with van der Waals surface area (Å²) in [6.45, 7) is 2.70. The van der Waals surface area contributed by atoms with Crippen molar-refractivity contribution in [3.63, 3.8) is 0 Å². The first-order chi connectivity index (χ1) is 15.5. The van der Waals surface area contributed by atoms with Crippen LogP contribution in [0.2, 0.25) is 0 Å². The van der Waals surface area contributed by atoms with Gasteiger partial charge in [0.15, 0.2) is 0 Å². The van der Waals surface area contributed by atoms with Crippen LogP contribution in [0, 0.1) is 6.92 Å². The smallest absolute Gasteiger partial charge is 0.335 e. The molecule has 1 aliphatic carbocycles. The lowest BCUT2D eigenvalue weighted by Crippen LogP contribution is -2.22. The zero-order valence-electron chi connectivity index (χ0n) is 18.6. The van der Waals surface area contributed by atoms with Crippen LogP contribution in [-0.4, -0.2) is 17.1 Å². The van der Waals surface area contributed by atoms with Gasteiger partial charge in [0, 0.05) is 6.04 Å². The minimum absolute atomic E-state index is 0.233. The predicted octanol–water partition coefficient (Wildman–Crippen LogP) is 6.29. The molecule has 0 aliphatic heterocycles. The van der Waals surface area contributed by atoms with Crippen molar-refractivity contribution in [3.8, 4) is 5.75 Å². The van der Waals surface area contributed by atoms with E-state index in [0.29, 0.717) is 18.3 Å². The summed E-state index contributed by atoms with van der Waals surface area (Å²) in [7, 11) is 0. The fourth-order valence-electron chi connectivity index (χ4n) is 3.67. The minimum atomic E-state index is -0.944. The summed E-state index contributed by atoms with van der Waals surface area (Å²) in [5, 5.41) is 12.2. The van der Waals surface area contributed by atoms with Crippen molar-refractivity contribution in [2.75, 3.05) is 11.1 Å². The normalized spacial score (nSPS) is 13.5. The van der Waals surface area contributed by atoms with Gasteiger partial charge in [-0.05, 0) is 55.7 Å². The molecule has 3 aromatic carbocycles. The van der Waals surface area contributed by atoms with E-state index in [-0.39, 0.29) is 5.56 Å². The van der Waals surface area contributed by atoms with Crippen LogP contribution in [0.5, 0.6) is 5.75 Å². The van der Waals surface area contributed by atoms with Crippen molar-refractivity contribution in [2.24, 2.45) is 0 Å². The number of hydrogen-bond donors (Lipinski definition) is 3. The summed E-state index contributed by atoms with van der Waals surface area (Å²) in [6.07, 6.45) is 6.15. The number of aryl methyl sites for hydroxylation is 1. The van der Waals surface area contributed by atoms with Crippen LogP contribution in [0.1, 0.15) is 53.6 Å². The molecule has 0 radical (unpaired) electrons. The van der Waals surface area contributed by atoms with E-state index in [4.69, 9.17) is 15.6 Å². The number of nitrogen functional groups attached to an aromatic ring is 1. The lowest BCUT2D eigenvalue weighted by Gasteiger charge is -2.24. The van der Waals surface area contributed by atoms with E-state index in [1.165, 1.54) is 49.3 Å². The summed E-state index contributed by atoms with van der Waals surface area (Å²) < 4.78 is 5.65. The average molecular weight is 433 g/mol. The van der Waals surface area contributed by atoms with Crippen LogP contribution in [-0.2, 0) is 6.61 Å². The van der Waals surface area contributed by atoms with Crippen LogP contribution in [0.15, 0.2) is 72.8 Å². The standard InChI is InChI=1S/C14H14O.C13H18N2O2/c1-12-7-9-14(10-8-12)15-11-13-5-3-2-4-6-13;14-11-8-9(13(16)17)6-7-12(11)15-10-4-2-1-3-5-10/h2-10H,11H2,1H3;6-8,10,15H,1-5,14H2,(H,16,17). The largest absolute Gasteiger partial charge is 0.489 e. The second kappa shape index (κ2) is 11.8. The molecule has 32 heavy (non-hydrogen) atoms. The third kappa shape index (κ3) is 7.34. The molecule has 0 spiro atoms. The molecule has 0 aromatic heterocycles. The zero-order chi connectivity index (χ0) is 22.8. The Morgan fingerprint density at radius 3 is 2.31 bits per heavy atom. The topological polar surface area (TPSA) is 84.6 Å². The van der Waals surface area contributed by atoms with Crippen LogP contribution in [0.25, 0.3) is 0 Å². The molecule has 1 aliphatic rings. The van der Waals surface area contributed by atoms with Gasteiger partial charge < -0.3 is 20.9 Å². The first-order valence-corrected chi connectivity index (χ1v) is 11.1. The summed E-state index contributed by atoms with van der Waals surface area (Å²) in [5.74, 6) is -0.0228. The summed E-state index contributed by atoms with van der Waals surface area (Å²) >= 11 is 0.